The molecule has 9 nitrogen and oxygen atoms in total. The third-order valence-electron chi connectivity index (χ3n) is 3.04. The molecular formula is C12H18N4O5. The SMILES string of the molecule is CCCC(C)(NC(=O)CCn1cc([N+](=O)[O-])cn1)C(=O)O. The lowest BCUT2D eigenvalue weighted by Crippen LogP contribution is -2.52. The van der Waals surface area contributed by atoms with E-state index in [0.29, 0.717) is 12.8 Å². The van der Waals surface area contributed by atoms with Crippen LogP contribution < -0.4 is 5.32 Å². The van der Waals surface area contributed by atoms with Crippen molar-refractivity contribution in [3.63, 3.8) is 0 Å². The third-order valence-corrected chi connectivity index (χ3v) is 3.04. The van der Waals surface area contributed by atoms with E-state index in [2.05, 4.69) is 10.4 Å². The summed E-state index contributed by atoms with van der Waals surface area (Å²) in [6.07, 6.45) is 3.24. The number of carboxylic acids is 1. The lowest BCUT2D eigenvalue weighted by molar-refractivity contribution is -0.385. The summed E-state index contributed by atoms with van der Waals surface area (Å²) in [6.45, 7) is 3.42. The number of carboxylic acid groups (broad SMARTS) is 1. The normalized spacial score (nSPS) is 13.4. The van der Waals surface area contributed by atoms with Gasteiger partial charge in [0.25, 0.3) is 0 Å². The van der Waals surface area contributed by atoms with Gasteiger partial charge in [-0.05, 0) is 13.3 Å². The molecule has 1 aromatic rings. The molecule has 0 radical (unpaired) electrons. The maximum absolute atomic E-state index is 11.8. The summed E-state index contributed by atoms with van der Waals surface area (Å²) < 4.78 is 1.27. The van der Waals surface area contributed by atoms with Crippen LogP contribution in [-0.4, -0.2) is 37.2 Å². The number of aliphatic carboxylic acids is 1. The maximum atomic E-state index is 11.8. The zero-order valence-electron chi connectivity index (χ0n) is 11.9. The number of rotatable bonds is 8. The molecule has 0 spiro atoms. The first-order valence-corrected chi connectivity index (χ1v) is 6.49. The first-order chi connectivity index (χ1) is 9.78. The maximum Gasteiger partial charge on any atom is 0.329 e. The largest absolute Gasteiger partial charge is 0.480 e. The van der Waals surface area contributed by atoms with Crippen LogP contribution in [0.25, 0.3) is 0 Å². The van der Waals surface area contributed by atoms with Gasteiger partial charge in [-0.15, -0.1) is 0 Å². The lowest BCUT2D eigenvalue weighted by Gasteiger charge is -2.25. The molecule has 1 aromatic heterocycles. The van der Waals surface area contributed by atoms with E-state index >= 15 is 0 Å². The van der Waals surface area contributed by atoms with Gasteiger partial charge in [-0.1, -0.05) is 13.3 Å². The van der Waals surface area contributed by atoms with Gasteiger partial charge in [0.15, 0.2) is 0 Å². The number of nitro groups is 1. The topological polar surface area (TPSA) is 127 Å². The Balaban J connectivity index is 2.56. The molecular weight excluding hydrogens is 280 g/mol. The second-order valence-corrected chi connectivity index (χ2v) is 4.90. The van der Waals surface area contributed by atoms with Gasteiger partial charge in [-0.3, -0.25) is 19.6 Å². The number of nitrogens with one attached hydrogen (secondary N) is 1. The summed E-state index contributed by atoms with van der Waals surface area (Å²) in [6, 6.07) is 0. The number of carbonyl (C=O) groups excluding carboxylic acids is 1. The van der Waals surface area contributed by atoms with Crippen molar-refractivity contribution >= 4 is 17.6 Å². The Morgan fingerprint density at radius 3 is 2.71 bits per heavy atom. The van der Waals surface area contributed by atoms with E-state index in [1.54, 1.807) is 0 Å². The predicted octanol–water partition coefficient (Wildman–Crippen LogP) is 0.941. The van der Waals surface area contributed by atoms with Gasteiger partial charge < -0.3 is 10.4 Å². The Morgan fingerprint density at radius 1 is 1.57 bits per heavy atom. The van der Waals surface area contributed by atoms with Crippen molar-refractivity contribution in [1.29, 1.82) is 0 Å². The Bertz CT molecular complexity index is 542. The quantitative estimate of drug-likeness (QED) is 0.543. The molecule has 1 rings (SSSR count). The molecule has 0 aliphatic carbocycles. The summed E-state index contributed by atoms with van der Waals surface area (Å²) in [4.78, 5) is 32.9. The monoisotopic (exact) mass is 298 g/mol. The average Bonchev–Trinajstić information content (AvgIpc) is 2.85. The predicted molar refractivity (Wildman–Crippen MR) is 72.6 cm³/mol. The van der Waals surface area contributed by atoms with E-state index in [1.165, 1.54) is 17.8 Å². The lowest BCUT2D eigenvalue weighted by atomic mass is 9.96. The van der Waals surface area contributed by atoms with Crippen molar-refractivity contribution in [2.45, 2.75) is 45.2 Å². The number of aromatic nitrogens is 2. The molecule has 1 unspecified atom stereocenters. The van der Waals surface area contributed by atoms with Crippen LogP contribution in [0, 0.1) is 10.1 Å². The molecule has 1 amide bonds. The molecule has 0 saturated heterocycles. The third kappa shape index (κ3) is 4.55. The van der Waals surface area contributed by atoms with E-state index < -0.39 is 22.3 Å². The molecule has 116 valence electrons. The minimum absolute atomic E-state index is 0.00851. The number of amides is 1. The number of aryl methyl sites for hydroxylation is 1. The minimum Gasteiger partial charge on any atom is -0.480 e. The summed E-state index contributed by atoms with van der Waals surface area (Å²) >= 11 is 0. The fraction of sp³-hybridized carbons (Fsp3) is 0.583. The van der Waals surface area contributed by atoms with Gasteiger partial charge >= 0.3 is 11.7 Å². The molecule has 2 N–H and O–H groups in total. The van der Waals surface area contributed by atoms with E-state index in [4.69, 9.17) is 5.11 Å². The van der Waals surface area contributed by atoms with Crippen LogP contribution in [0.4, 0.5) is 5.69 Å². The van der Waals surface area contributed by atoms with Crippen LogP contribution in [0.15, 0.2) is 12.4 Å². The van der Waals surface area contributed by atoms with E-state index in [0.717, 1.165) is 6.20 Å². The highest BCUT2D eigenvalue weighted by molar-refractivity contribution is 5.86. The van der Waals surface area contributed by atoms with Crippen molar-refractivity contribution < 1.29 is 19.6 Å². The van der Waals surface area contributed by atoms with Crippen molar-refractivity contribution in [3.8, 4) is 0 Å². The van der Waals surface area contributed by atoms with E-state index in [-0.39, 0.29) is 18.7 Å². The number of nitrogens with zero attached hydrogens (tertiary/aromatic N) is 3. The molecule has 21 heavy (non-hydrogen) atoms. The van der Waals surface area contributed by atoms with Gasteiger partial charge in [0.2, 0.25) is 5.91 Å². The molecule has 0 aliphatic heterocycles. The zero-order valence-corrected chi connectivity index (χ0v) is 11.9. The molecule has 0 bridgehead atoms. The van der Waals surface area contributed by atoms with Crippen LogP contribution in [-0.2, 0) is 16.1 Å². The van der Waals surface area contributed by atoms with Crippen LogP contribution in [0.5, 0.6) is 0 Å². The van der Waals surface area contributed by atoms with Crippen LogP contribution in [0.1, 0.15) is 33.1 Å². The van der Waals surface area contributed by atoms with Crippen molar-refractivity contribution in [3.05, 3.63) is 22.5 Å². The Hall–Kier alpha value is -2.45. The Morgan fingerprint density at radius 2 is 2.24 bits per heavy atom. The molecule has 0 saturated carbocycles. The van der Waals surface area contributed by atoms with Crippen molar-refractivity contribution in [1.82, 2.24) is 15.1 Å². The fourth-order valence-corrected chi connectivity index (χ4v) is 1.88. The summed E-state index contributed by atoms with van der Waals surface area (Å²) in [5.74, 6) is -1.53. The van der Waals surface area contributed by atoms with Gasteiger partial charge in [0.1, 0.15) is 17.9 Å². The van der Waals surface area contributed by atoms with Crippen molar-refractivity contribution in [2.24, 2.45) is 0 Å². The first kappa shape index (κ1) is 16.6. The molecule has 1 heterocycles. The highest BCUT2D eigenvalue weighted by Gasteiger charge is 2.33. The molecule has 0 fully saturated rings. The van der Waals surface area contributed by atoms with Crippen LogP contribution in [0.2, 0.25) is 0 Å². The Labute approximate surface area is 121 Å². The number of carbonyl (C=O) groups is 2. The first-order valence-electron chi connectivity index (χ1n) is 6.49. The van der Waals surface area contributed by atoms with Gasteiger partial charge in [-0.2, -0.15) is 5.10 Å². The Kier molecular flexibility index (Phi) is 5.39. The standard InChI is InChI=1S/C12H18N4O5/c1-3-5-12(2,11(18)19)14-10(17)4-6-15-8-9(7-13-15)16(20)21/h7-8H,3-6H2,1-2H3,(H,14,17)(H,18,19). The summed E-state index contributed by atoms with van der Waals surface area (Å²) in [7, 11) is 0. The van der Waals surface area contributed by atoms with E-state index in [1.807, 2.05) is 6.92 Å². The number of hydrogen-bond donors (Lipinski definition) is 2. The fourth-order valence-electron chi connectivity index (χ4n) is 1.88. The molecule has 0 aliphatic rings. The highest BCUT2D eigenvalue weighted by atomic mass is 16.6. The minimum atomic E-state index is -1.30. The average molecular weight is 298 g/mol. The highest BCUT2D eigenvalue weighted by Crippen LogP contribution is 2.13. The van der Waals surface area contributed by atoms with Crippen molar-refractivity contribution in [2.75, 3.05) is 0 Å². The van der Waals surface area contributed by atoms with Gasteiger partial charge in [0, 0.05) is 13.0 Å². The zero-order chi connectivity index (χ0) is 16.0. The number of hydrogen-bond acceptors (Lipinski definition) is 5. The molecule has 0 aromatic carbocycles. The van der Waals surface area contributed by atoms with Gasteiger partial charge in [0.05, 0.1) is 4.92 Å². The van der Waals surface area contributed by atoms with Gasteiger partial charge in [-0.25, -0.2) is 4.79 Å². The smallest absolute Gasteiger partial charge is 0.329 e. The summed E-state index contributed by atoms with van der Waals surface area (Å²) in [5.41, 5.74) is -1.46. The summed E-state index contributed by atoms with van der Waals surface area (Å²) in [5, 5.41) is 25.9. The second kappa shape index (κ2) is 6.82. The molecule has 9 heteroatoms. The second-order valence-electron chi connectivity index (χ2n) is 4.90. The van der Waals surface area contributed by atoms with E-state index in [9.17, 15) is 19.7 Å². The van der Waals surface area contributed by atoms with Crippen LogP contribution >= 0.6 is 0 Å². The molecule has 1 atom stereocenters. The van der Waals surface area contributed by atoms with Crippen LogP contribution in [0.3, 0.4) is 0 Å².